The van der Waals surface area contributed by atoms with Gasteiger partial charge in [0, 0.05) is 6.61 Å². The Morgan fingerprint density at radius 3 is 0.585 bits per heavy atom. The van der Waals surface area contributed by atoms with Gasteiger partial charge in [0.25, 0.3) is 0 Å². The van der Waals surface area contributed by atoms with E-state index in [1.807, 2.05) is 0 Å². The highest BCUT2D eigenvalue weighted by molar-refractivity contribution is 7.19. The molecular weight excluding hydrogens is 536 g/mol. The lowest BCUT2D eigenvalue weighted by atomic mass is 10.0. The summed E-state index contributed by atoms with van der Waals surface area (Å²) in [5.74, 6) is 0. The van der Waals surface area contributed by atoms with Crippen LogP contribution in [0, 0.1) is 0 Å². The first-order chi connectivity index (χ1) is 20.1. The van der Waals surface area contributed by atoms with Crippen molar-refractivity contribution in [2.45, 2.75) is 237 Å². The molecule has 0 atom stereocenters. The van der Waals surface area contributed by atoms with Crippen molar-refractivity contribution >= 4 is 18.5 Å². The van der Waals surface area contributed by atoms with E-state index >= 15 is 0 Å². The van der Waals surface area contributed by atoms with E-state index in [0.717, 1.165) is 6.42 Å². The number of aliphatic hydroxyl groups excluding tert-OH is 1. The lowest BCUT2D eigenvalue weighted by molar-refractivity contribution is 0.282. The number of hydrogen-bond acceptors (Lipinski definition) is 1. The molecular formula is C38H79ClOSi. The Hall–Kier alpha value is 0.467. The van der Waals surface area contributed by atoms with Gasteiger partial charge in [0.1, 0.15) is 7.38 Å². The Balaban J connectivity index is 3.04. The van der Waals surface area contributed by atoms with Crippen molar-refractivity contribution in [3.8, 4) is 0 Å². The third-order valence-electron chi connectivity index (χ3n) is 9.18. The molecule has 0 aliphatic carbocycles. The van der Waals surface area contributed by atoms with Crippen LogP contribution in [0.5, 0.6) is 0 Å². The van der Waals surface area contributed by atoms with Crippen LogP contribution < -0.4 is 0 Å². The molecule has 1 nitrogen and oxygen atoms in total. The minimum atomic E-state index is -1.31. The second kappa shape index (κ2) is 35.0. The summed E-state index contributed by atoms with van der Waals surface area (Å²) in [7, 11) is -1.31. The third kappa shape index (κ3) is 40.5. The predicted molar refractivity (Wildman–Crippen MR) is 192 cm³/mol. The molecule has 0 saturated heterocycles. The van der Waals surface area contributed by atoms with E-state index in [4.69, 9.17) is 16.2 Å². The molecule has 1 N–H and O–H groups in total. The van der Waals surface area contributed by atoms with Crippen LogP contribution in [-0.2, 0) is 0 Å². The van der Waals surface area contributed by atoms with E-state index < -0.39 is 7.38 Å². The number of rotatable bonds is 36. The van der Waals surface area contributed by atoms with Crippen LogP contribution >= 0.6 is 11.1 Å². The topological polar surface area (TPSA) is 20.2 Å². The standard InChI is InChI=1S/C38H79ClOSi/c1-41(2,39)38-36-34-32-30-28-26-24-22-20-18-16-14-12-10-8-6-4-3-5-7-9-11-13-15-17-19-21-23-25-27-29-31-33-35-37-40/h40H,3-38H2,1-2H3. The summed E-state index contributed by atoms with van der Waals surface area (Å²) in [5.41, 5.74) is 0. The van der Waals surface area contributed by atoms with Crippen molar-refractivity contribution in [2.24, 2.45) is 0 Å². The van der Waals surface area contributed by atoms with Crippen LogP contribution in [0.2, 0.25) is 19.1 Å². The molecule has 0 unspecified atom stereocenters. The van der Waals surface area contributed by atoms with Crippen LogP contribution in [0.4, 0.5) is 0 Å². The van der Waals surface area contributed by atoms with Crippen LogP contribution in [0.25, 0.3) is 0 Å². The van der Waals surface area contributed by atoms with Gasteiger partial charge in [-0.05, 0) is 12.5 Å². The Morgan fingerprint density at radius 2 is 0.439 bits per heavy atom. The smallest absolute Gasteiger partial charge is 0.150 e. The highest BCUT2D eigenvalue weighted by Crippen LogP contribution is 2.20. The van der Waals surface area contributed by atoms with E-state index in [-0.39, 0.29) is 0 Å². The Labute approximate surface area is 266 Å². The Bertz CT molecular complexity index is 464. The quantitative estimate of drug-likeness (QED) is 0.0422. The molecule has 0 fully saturated rings. The average molecular weight is 616 g/mol. The van der Waals surface area contributed by atoms with E-state index in [9.17, 15) is 0 Å². The van der Waals surface area contributed by atoms with Crippen molar-refractivity contribution in [3.63, 3.8) is 0 Å². The molecule has 248 valence electrons. The molecule has 0 radical (unpaired) electrons. The zero-order chi connectivity index (χ0) is 30.0. The molecule has 0 aliphatic rings. The monoisotopic (exact) mass is 615 g/mol. The van der Waals surface area contributed by atoms with Gasteiger partial charge in [-0.3, -0.25) is 0 Å². The summed E-state index contributed by atoms with van der Waals surface area (Å²) >= 11 is 6.40. The highest BCUT2D eigenvalue weighted by atomic mass is 35.6. The molecule has 0 aromatic rings. The largest absolute Gasteiger partial charge is 0.396 e. The van der Waals surface area contributed by atoms with Crippen LogP contribution in [0.3, 0.4) is 0 Å². The van der Waals surface area contributed by atoms with Crippen molar-refractivity contribution in [3.05, 3.63) is 0 Å². The van der Waals surface area contributed by atoms with Crippen molar-refractivity contribution in [1.82, 2.24) is 0 Å². The van der Waals surface area contributed by atoms with Gasteiger partial charge < -0.3 is 5.11 Å². The summed E-state index contributed by atoms with van der Waals surface area (Å²) in [4.78, 5) is 0. The van der Waals surface area contributed by atoms with Gasteiger partial charge in [-0.25, -0.2) is 0 Å². The first-order valence-corrected chi connectivity index (χ1v) is 23.6. The maximum atomic E-state index is 8.79. The van der Waals surface area contributed by atoms with E-state index in [1.54, 1.807) is 0 Å². The molecule has 0 spiro atoms. The number of hydrogen-bond donors (Lipinski definition) is 1. The molecule has 0 aromatic carbocycles. The Kier molecular flexibility index (Phi) is 35.3. The summed E-state index contributed by atoms with van der Waals surface area (Å²) in [6.45, 7) is 4.92. The second-order valence-corrected chi connectivity index (χ2v) is 21.2. The first kappa shape index (κ1) is 41.5. The minimum absolute atomic E-state index is 0.373. The maximum absolute atomic E-state index is 8.79. The molecule has 3 heteroatoms. The summed E-state index contributed by atoms with van der Waals surface area (Å²) in [6.07, 6.45) is 48.7. The lowest BCUT2D eigenvalue weighted by Crippen LogP contribution is -2.14. The zero-order valence-electron chi connectivity index (χ0n) is 28.8. The molecule has 0 aromatic heterocycles. The number of aliphatic hydroxyl groups is 1. The van der Waals surface area contributed by atoms with Crippen LogP contribution in [0.15, 0.2) is 0 Å². The molecule has 0 amide bonds. The van der Waals surface area contributed by atoms with Crippen LogP contribution in [0.1, 0.15) is 218 Å². The van der Waals surface area contributed by atoms with E-state index in [2.05, 4.69) is 13.1 Å². The van der Waals surface area contributed by atoms with Gasteiger partial charge in [0.2, 0.25) is 0 Å². The zero-order valence-corrected chi connectivity index (χ0v) is 30.5. The Morgan fingerprint density at radius 1 is 0.293 bits per heavy atom. The van der Waals surface area contributed by atoms with Crippen molar-refractivity contribution < 1.29 is 5.11 Å². The lowest BCUT2D eigenvalue weighted by Gasteiger charge is -2.11. The van der Waals surface area contributed by atoms with Gasteiger partial charge in [-0.1, -0.05) is 225 Å². The first-order valence-electron chi connectivity index (χ1n) is 19.4. The number of unbranched alkanes of at least 4 members (excludes halogenated alkanes) is 33. The van der Waals surface area contributed by atoms with Gasteiger partial charge >= 0.3 is 0 Å². The van der Waals surface area contributed by atoms with Gasteiger partial charge in [0.05, 0.1) is 0 Å². The summed E-state index contributed by atoms with van der Waals surface area (Å²) in [5, 5.41) is 8.79. The fourth-order valence-corrected chi connectivity index (χ4v) is 7.81. The molecule has 41 heavy (non-hydrogen) atoms. The number of halogens is 1. The molecule has 0 bridgehead atoms. The SMILES string of the molecule is C[Si](C)(Cl)CCCCCCCCCCCCCCCCCCCCCCCCCCCCCCCCCCCCO. The average Bonchev–Trinajstić information content (AvgIpc) is 2.94. The third-order valence-corrected chi connectivity index (χ3v) is 11.3. The molecule has 0 rings (SSSR count). The normalized spacial score (nSPS) is 12.0. The minimum Gasteiger partial charge on any atom is -0.396 e. The predicted octanol–water partition coefficient (Wildman–Crippen LogP) is 14.7. The second-order valence-electron chi connectivity index (χ2n) is 14.2. The fraction of sp³-hybridized carbons (Fsp3) is 1.00. The van der Waals surface area contributed by atoms with E-state index in [0.29, 0.717) is 6.61 Å². The molecule has 0 aliphatic heterocycles. The van der Waals surface area contributed by atoms with Crippen LogP contribution in [-0.4, -0.2) is 19.1 Å². The van der Waals surface area contributed by atoms with Gasteiger partial charge in [-0.2, -0.15) is 11.1 Å². The van der Waals surface area contributed by atoms with Gasteiger partial charge in [0.15, 0.2) is 0 Å². The van der Waals surface area contributed by atoms with Gasteiger partial charge in [-0.15, -0.1) is 0 Å². The maximum Gasteiger partial charge on any atom is 0.150 e. The van der Waals surface area contributed by atoms with Crippen molar-refractivity contribution in [1.29, 1.82) is 0 Å². The summed E-state index contributed by atoms with van der Waals surface area (Å²) in [6, 6.07) is 1.30. The van der Waals surface area contributed by atoms with Crippen molar-refractivity contribution in [2.75, 3.05) is 6.61 Å². The molecule has 0 heterocycles. The fourth-order valence-electron chi connectivity index (χ4n) is 6.31. The highest BCUT2D eigenvalue weighted by Gasteiger charge is 2.15. The van der Waals surface area contributed by atoms with E-state index in [1.165, 1.54) is 218 Å². The summed E-state index contributed by atoms with van der Waals surface area (Å²) < 4.78 is 0. The molecule has 0 saturated carbocycles.